The van der Waals surface area contributed by atoms with Crippen LogP contribution < -0.4 is 5.32 Å². The number of nitrogens with zero attached hydrogens (tertiary/aromatic N) is 1. The molecule has 1 aliphatic heterocycles. The first kappa shape index (κ1) is 12.9. The first-order chi connectivity index (χ1) is 8.52. The number of rotatable bonds is 1. The van der Waals surface area contributed by atoms with Gasteiger partial charge in [0.1, 0.15) is 0 Å². The van der Waals surface area contributed by atoms with Gasteiger partial charge in [0.2, 0.25) is 0 Å². The summed E-state index contributed by atoms with van der Waals surface area (Å²) in [6.07, 6.45) is -3.22. The molecule has 2 nitrogen and oxygen atoms in total. The molecule has 0 radical (unpaired) electrons. The van der Waals surface area contributed by atoms with Crippen molar-refractivity contribution in [1.29, 1.82) is 5.26 Å². The van der Waals surface area contributed by atoms with Gasteiger partial charge >= 0.3 is 6.18 Å². The van der Waals surface area contributed by atoms with Crippen molar-refractivity contribution in [2.75, 3.05) is 6.54 Å². The molecule has 0 aliphatic carbocycles. The van der Waals surface area contributed by atoms with Crippen molar-refractivity contribution in [3.05, 3.63) is 35.4 Å². The van der Waals surface area contributed by atoms with Crippen LogP contribution in [0.3, 0.4) is 0 Å². The second-order valence-electron chi connectivity index (χ2n) is 4.44. The van der Waals surface area contributed by atoms with E-state index in [1.54, 1.807) is 6.07 Å². The van der Waals surface area contributed by atoms with Crippen LogP contribution in [-0.2, 0) is 6.18 Å². The van der Waals surface area contributed by atoms with Crippen molar-refractivity contribution in [3.8, 4) is 6.07 Å². The van der Waals surface area contributed by atoms with Crippen LogP contribution in [0.4, 0.5) is 13.2 Å². The smallest absolute Gasteiger partial charge is 0.310 e. The molecule has 1 heterocycles. The van der Waals surface area contributed by atoms with Crippen LogP contribution in [0.25, 0.3) is 0 Å². The molecule has 2 unspecified atom stereocenters. The fourth-order valence-corrected chi connectivity index (χ4v) is 2.33. The Balaban J connectivity index is 2.31. The molecule has 2 atom stereocenters. The number of nitriles is 1. The highest BCUT2D eigenvalue weighted by atomic mass is 19.4. The summed E-state index contributed by atoms with van der Waals surface area (Å²) in [7, 11) is 0. The quantitative estimate of drug-likeness (QED) is 0.834. The number of piperidine rings is 1. The topological polar surface area (TPSA) is 35.8 Å². The molecule has 0 saturated carbocycles. The molecule has 1 saturated heterocycles. The van der Waals surface area contributed by atoms with Crippen LogP contribution in [-0.4, -0.2) is 6.54 Å². The maximum absolute atomic E-state index is 12.9. The molecule has 0 amide bonds. The third-order valence-corrected chi connectivity index (χ3v) is 3.23. The number of hydrogen-bond donors (Lipinski definition) is 1. The predicted octanol–water partition coefficient (Wildman–Crippen LogP) is 3.27. The van der Waals surface area contributed by atoms with Gasteiger partial charge in [0, 0.05) is 12.0 Å². The minimum atomic E-state index is -4.35. The minimum absolute atomic E-state index is 0.169. The van der Waals surface area contributed by atoms with Crippen LogP contribution in [0.15, 0.2) is 24.3 Å². The van der Waals surface area contributed by atoms with Crippen LogP contribution in [0.5, 0.6) is 0 Å². The molecule has 5 heteroatoms. The van der Waals surface area contributed by atoms with Gasteiger partial charge in [0.15, 0.2) is 0 Å². The van der Waals surface area contributed by atoms with E-state index in [0.717, 1.165) is 6.07 Å². The van der Waals surface area contributed by atoms with E-state index in [1.165, 1.54) is 12.1 Å². The zero-order valence-electron chi connectivity index (χ0n) is 9.67. The maximum atomic E-state index is 12.9. The summed E-state index contributed by atoms with van der Waals surface area (Å²) in [6, 6.07) is 7.31. The highest BCUT2D eigenvalue weighted by molar-refractivity contribution is 5.33. The van der Waals surface area contributed by atoms with Gasteiger partial charge in [-0.2, -0.15) is 18.4 Å². The Morgan fingerprint density at radius 2 is 2.00 bits per heavy atom. The van der Waals surface area contributed by atoms with Crippen molar-refractivity contribution in [2.45, 2.75) is 25.1 Å². The number of halogens is 3. The van der Waals surface area contributed by atoms with Gasteiger partial charge in [0.05, 0.1) is 11.6 Å². The number of benzene rings is 1. The normalized spacial score (nSPS) is 24.6. The Morgan fingerprint density at radius 3 is 2.67 bits per heavy atom. The maximum Gasteiger partial charge on any atom is 0.416 e. The second kappa shape index (κ2) is 4.99. The van der Waals surface area contributed by atoms with E-state index in [1.807, 2.05) is 0 Å². The summed E-state index contributed by atoms with van der Waals surface area (Å²) in [5.74, 6) is -0.169. The standard InChI is InChI=1S/C13H13F3N2/c14-13(15,16)11-4-2-1-3-10(11)12-7-9(8-17)5-6-18-12/h1-4,9,12,18H,5-7H2. The Morgan fingerprint density at radius 1 is 1.28 bits per heavy atom. The molecule has 1 aromatic carbocycles. The summed E-state index contributed by atoms with van der Waals surface area (Å²) in [5, 5.41) is 11.9. The zero-order valence-corrected chi connectivity index (χ0v) is 9.67. The van der Waals surface area contributed by atoms with Gasteiger partial charge in [-0.25, -0.2) is 0 Å². The molecule has 0 bridgehead atoms. The summed E-state index contributed by atoms with van der Waals surface area (Å²) < 4.78 is 38.7. The zero-order chi connectivity index (χ0) is 13.2. The first-order valence-electron chi connectivity index (χ1n) is 5.81. The molecule has 2 rings (SSSR count). The van der Waals surface area contributed by atoms with Crippen LogP contribution in [0.1, 0.15) is 30.0 Å². The van der Waals surface area contributed by atoms with E-state index in [0.29, 0.717) is 19.4 Å². The monoisotopic (exact) mass is 254 g/mol. The van der Waals surface area contributed by atoms with E-state index in [9.17, 15) is 13.2 Å². The average Bonchev–Trinajstić information content (AvgIpc) is 2.38. The minimum Gasteiger partial charge on any atom is -0.310 e. The van der Waals surface area contributed by atoms with E-state index < -0.39 is 11.7 Å². The van der Waals surface area contributed by atoms with E-state index in [4.69, 9.17) is 5.26 Å². The number of nitrogens with one attached hydrogen (secondary N) is 1. The molecule has 1 aliphatic rings. The summed E-state index contributed by atoms with van der Waals surface area (Å²) in [6.45, 7) is 0.578. The van der Waals surface area contributed by atoms with Gasteiger partial charge in [-0.3, -0.25) is 0 Å². The van der Waals surface area contributed by atoms with Gasteiger partial charge in [-0.1, -0.05) is 18.2 Å². The predicted molar refractivity (Wildman–Crippen MR) is 60.5 cm³/mol. The Hall–Kier alpha value is -1.54. The Kier molecular flexibility index (Phi) is 3.58. The lowest BCUT2D eigenvalue weighted by Crippen LogP contribution is -2.32. The average molecular weight is 254 g/mol. The van der Waals surface area contributed by atoms with Crippen LogP contribution in [0, 0.1) is 17.2 Å². The highest BCUT2D eigenvalue weighted by Gasteiger charge is 2.36. The second-order valence-corrected chi connectivity index (χ2v) is 4.44. The van der Waals surface area contributed by atoms with Crippen LogP contribution >= 0.6 is 0 Å². The van der Waals surface area contributed by atoms with Gasteiger partial charge < -0.3 is 5.32 Å². The number of alkyl halides is 3. The third-order valence-electron chi connectivity index (χ3n) is 3.23. The lowest BCUT2D eigenvalue weighted by molar-refractivity contribution is -0.138. The third kappa shape index (κ3) is 2.65. The lowest BCUT2D eigenvalue weighted by atomic mass is 9.87. The molecule has 0 spiro atoms. The SMILES string of the molecule is N#CC1CCNC(c2ccccc2C(F)(F)F)C1. The van der Waals surface area contributed by atoms with E-state index >= 15 is 0 Å². The van der Waals surface area contributed by atoms with E-state index in [-0.39, 0.29) is 17.5 Å². The van der Waals surface area contributed by atoms with Crippen molar-refractivity contribution in [3.63, 3.8) is 0 Å². The number of hydrogen-bond acceptors (Lipinski definition) is 2. The van der Waals surface area contributed by atoms with Gasteiger partial charge in [-0.15, -0.1) is 0 Å². The lowest BCUT2D eigenvalue weighted by Gasteiger charge is -2.29. The molecule has 1 N–H and O–H groups in total. The summed E-state index contributed by atoms with van der Waals surface area (Å²) in [4.78, 5) is 0. The molecule has 1 aromatic rings. The molecule has 0 aromatic heterocycles. The fourth-order valence-electron chi connectivity index (χ4n) is 2.33. The van der Waals surface area contributed by atoms with E-state index in [2.05, 4.69) is 11.4 Å². The summed E-state index contributed by atoms with van der Waals surface area (Å²) >= 11 is 0. The van der Waals surface area contributed by atoms with Crippen molar-refractivity contribution in [1.82, 2.24) is 5.32 Å². The molecular formula is C13H13F3N2. The van der Waals surface area contributed by atoms with Crippen molar-refractivity contribution in [2.24, 2.45) is 5.92 Å². The van der Waals surface area contributed by atoms with Crippen molar-refractivity contribution >= 4 is 0 Å². The first-order valence-corrected chi connectivity index (χ1v) is 5.81. The van der Waals surface area contributed by atoms with Crippen LogP contribution in [0.2, 0.25) is 0 Å². The van der Waals surface area contributed by atoms with Gasteiger partial charge in [0.25, 0.3) is 0 Å². The largest absolute Gasteiger partial charge is 0.416 e. The van der Waals surface area contributed by atoms with Crippen molar-refractivity contribution < 1.29 is 13.2 Å². The Bertz CT molecular complexity index is 462. The molecule has 96 valence electrons. The molecule has 18 heavy (non-hydrogen) atoms. The molecule has 1 fully saturated rings. The highest BCUT2D eigenvalue weighted by Crippen LogP contribution is 2.37. The summed E-state index contributed by atoms with van der Waals surface area (Å²) in [5.41, 5.74) is -0.369. The molecular weight excluding hydrogens is 241 g/mol. The Labute approximate surface area is 103 Å². The fraction of sp³-hybridized carbons (Fsp3) is 0.462. The van der Waals surface area contributed by atoms with Gasteiger partial charge in [-0.05, 0) is 31.0 Å².